The molecule has 1 atom stereocenters. The molecule has 2 amide bonds. The number of unbranched alkanes of at least 4 members (excludes halogenated alkanes) is 1. The molecule has 0 fully saturated rings. The van der Waals surface area contributed by atoms with Crippen molar-refractivity contribution in [1.82, 2.24) is 10.6 Å². The highest BCUT2D eigenvalue weighted by atomic mass is 35.5. The van der Waals surface area contributed by atoms with Crippen LogP contribution in [0.5, 0.6) is 11.5 Å². The first-order chi connectivity index (χ1) is 15.9. The molecule has 2 aromatic carbocycles. The quantitative estimate of drug-likeness (QED) is 0.448. The van der Waals surface area contributed by atoms with Crippen LogP contribution < -0.4 is 20.1 Å². The van der Waals surface area contributed by atoms with Crippen molar-refractivity contribution in [2.24, 2.45) is 0 Å². The van der Waals surface area contributed by atoms with Gasteiger partial charge in [0.25, 0.3) is 0 Å². The second-order valence-electron chi connectivity index (χ2n) is 7.42. The summed E-state index contributed by atoms with van der Waals surface area (Å²) in [6.45, 7) is 2.19. The Labute approximate surface area is 203 Å². The molecule has 1 unspecified atom stereocenters. The Kier molecular flexibility index (Phi) is 8.47. The third-order valence-electron chi connectivity index (χ3n) is 5.29. The summed E-state index contributed by atoms with van der Waals surface area (Å²) < 4.78 is 16.4. The first-order valence-corrected chi connectivity index (χ1v) is 11.3. The van der Waals surface area contributed by atoms with E-state index in [0.717, 1.165) is 12.8 Å². The molecule has 0 saturated heterocycles. The van der Waals surface area contributed by atoms with Gasteiger partial charge in [0.1, 0.15) is 6.61 Å². The average Bonchev–Trinajstić information content (AvgIpc) is 2.81. The van der Waals surface area contributed by atoms with Crippen LogP contribution >= 0.6 is 23.2 Å². The third-order valence-corrected chi connectivity index (χ3v) is 6.00. The number of urea groups is 1. The van der Waals surface area contributed by atoms with Gasteiger partial charge in [-0.25, -0.2) is 9.59 Å². The number of nitrogens with one attached hydrogen (secondary N) is 2. The predicted octanol–water partition coefficient (Wildman–Crippen LogP) is 5.55. The molecule has 0 saturated carbocycles. The molecular weight excluding hydrogens is 467 g/mol. The van der Waals surface area contributed by atoms with E-state index in [1.807, 2.05) is 6.92 Å². The molecule has 2 N–H and O–H groups in total. The maximum absolute atomic E-state index is 12.6. The van der Waals surface area contributed by atoms with Crippen molar-refractivity contribution >= 4 is 35.2 Å². The normalized spacial score (nSPS) is 15.5. The van der Waals surface area contributed by atoms with E-state index in [2.05, 4.69) is 10.6 Å². The number of hydrogen-bond donors (Lipinski definition) is 2. The number of rotatable bonds is 9. The van der Waals surface area contributed by atoms with Crippen LogP contribution in [0.1, 0.15) is 43.4 Å². The molecule has 2 aromatic rings. The van der Waals surface area contributed by atoms with Gasteiger partial charge in [-0.15, -0.1) is 0 Å². The monoisotopic (exact) mass is 492 g/mol. The second-order valence-corrected chi connectivity index (χ2v) is 8.23. The number of esters is 1. The molecule has 9 heteroatoms. The number of allylic oxidation sites excluding steroid dienone is 1. The largest absolute Gasteiger partial charge is 0.493 e. The van der Waals surface area contributed by atoms with Crippen molar-refractivity contribution in [1.29, 1.82) is 0 Å². The van der Waals surface area contributed by atoms with Gasteiger partial charge in [-0.05, 0) is 42.7 Å². The molecule has 1 heterocycles. The summed E-state index contributed by atoms with van der Waals surface area (Å²) in [6, 6.07) is 9.37. The standard InChI is InChI=1S/C24H26Cl2N2O5/c1-4-5-9-18-21(23(29)32-3)22(28-24(30)27-18)14-10-11-19(20(12-14)31-2)33-13-15-16(25)7-6-8-17(15)26/h6-8,10-12,22H,4-5,9,13H2,1-3H3,(H2,27,28,30). The lowest BCUT2D eigenvalue weighted by Gasteiger charge is -2.29. The van der Waals surface area contributed by atoms with Crippen molar-refractivity contribution in [3.63, 3.8) is 0 Å². The van der Waals surface area contributed by atoms with E-state index in [-0.39, 0.29) is 12.6 Å². The third kappa shape index (κ3) is 5.72. The molecule has 7 nitrogen and oxygen atoms in total. The Bertz CT molecular complexity index is 1050. The van der Waals surface area contributed by atoms with Crippen LogP contribution in [0.15, 0.2) is 47.7 Å². The van der Waals surface area contributed by atoms with Crippen molar-refractivity contribution in [2.75, 3.05) is 14.2 Å². The van der Waals surface area contributed by atoms with Gasteiger partial charge in [0.05, 0.1) is 25.8 Å². The minimum Gasteiger partial charge on any atom is -0.493 e. The molecule has 1 aliphatic heterocycles. The maximum Gasteiger partial charge on any atom is 0.337 e. The fraction of sp³-hybridized carbons (Fsp3) is 0.333. The first-order valence-electron chi connectivity index (χ1n) is 10.5. The highest BCUT2D eigenvalue weighted by molar-refractivity contribution is 6.35. The van der Waals surface area contributed by atoms with Gasteiger partial charge in [-0.2, -0.15) is 0 Å². The van der Waals surface area contributed by atoms with E-state index >= 15 is 0 Å². The molecule has 176 valence electrons. The van der Waals surface area contributed by atoms with Gasteiger partial charge in [0.15, 0.2) is 11.5 Å². The minimum atomic E-state index is -0.695. The highest BCUT2D eigenvalue weighted by Gasteiger charge is 2.33. The van der Waals surface area contributed by atoms with Gasteiger partial charge in [0, 0.05) is 21.3 Å². The van der Waals surface area contributed by atoms with Crippen molar-refractivity contribution in [3.8, 4) is 11.5 Å². The zero-order chi connectivity index (χ0) is 24.0. The van der Waals surface area contributed by atoms with Crippen LogP contribution in [0, 0.1) is 0 Å². The Morgan fingerprint density at radius 1 is 1.09 bits per heavy atom. The number of carbonyl (C=O) groups is 2. The molecule has 0 aliphatic carbocycles. The summed E-state index contributed by atoms with van der Waals surface area (Å²) in [5.41, 5.74) is 2.24. The van der Waals surface area contributed by atoms with E-state index in [1.165, 1.54) is 14.2 Å². The SMILES string of the molecule is CCCCC1=C(C(=O)OC)C(c2ccc(OCc3c(Cl)cccc3Cl)c(OC)c2)NC(=O)N1. The van der Waals surface area contributed by atoms with E-state index in [0.29, 0.717) is 50.4 Å². The molecule has 0 spiro atoms. The first kappa shape index (κ1) is 24.7. The fourth-order valence-corrected chi connectivity index (χ4v) is 4.08. The van der Waals surface area contributed by atoms with Gasteiger partial charge in [0.2, 0.25) is 0 Å². The maximum atomic E-state index is 12.6. The number of benzene rings is 2. The Morgan fingerprint density at radius 3 is 2.45 bits per heavy atom. The number of methoxy groups -OCH3 is 2. The number of carbonyl (C=O) groups excluding carboxylic acids is 2. The number of amides is 2. The summed E-state index contributed by atoms with van der Waals surface area (Å²) in [5, 5.41) is 6.57. The van der Waals surface area contributed by atoms with Gasteiger partial charge < -0.3 is 24.8 Å². The van der Waals surface area contributed by atoms with Crippen molar-refractivity contribution in [2.45, 2.75) is 38.8 Å². The Balaban J connectivity index is 1.93. The van der Waals surface area contributed by atoms with Crippen LogP contribution in [0.4, 0.5) is 4.79 Å². The number of halogens is 2. The predicted molar refractivity (Wildman–Crippen MR) is 127 cm³/mol. The van der Waals surface area contributed by atoms with Crippen LogP contribution in [0.3, 0.4) is 0 Å². The summed E-state index contributed by atoms with van der Waals surface area (Å²) in [6.07, 6.45) is 2.30. The Morgan fingerprint density at radius 2 is 1.82 bits per heavy atom. The topological polar surface area (TPSA) is 85.9 Å². The summed E-state index contributed by atoms with van der Waals surface area (Å²) in [5.74, 6) is 0.390. The highest BCUT2D eigenvalue weighted by Crippen LogP contribution is 2.36. The van der Waals surface area contributed by atoms with Gasteiger partial charge in [-0.3, -0.25) is 0 Å². The lowest BCUT2D eigenvalue weighted by atomic mass is 9.93. The minimum absolute atomic E-state index is 0.146. The van der Waals surface area contributed by atoms with Crippen LogP contribution in [-0.4, -0.2) is 26.2 Å². The molecule has 3 rings (SSSR count). The number of ether oxygens (including phenoxy) is 3. The average molecular weight is 493 g/mol. The smallest absolute Gasteiger partial charge is 0.337 e. The molecule has 33 heavy (non-hydrogen) atoms. The molecule has 0 bridgehead atoms. The van der Waals surface area contributed by atoms with Crippen LogP contribution in [0.2, 0.25) is 10.0 Å². The van der Waals surface area contributed by atoms with E-state index < -0.39 is 12.0 Å². The van der Waals surface area contributed by atoms with Crippen molar-refractivity contribution in [3.05, 3.63) is 68.8 Å². The van der Waals surface area contributed by atoms with Crippen molar-refractivity contribution < 1.29 is 23.8 Å². The lowest BCUT2D eigenvalue weighted by Crippen LogP contribution is -2.45. The van der Waals surface area contributed by atoms with Gasteiger partial charge in [-0.1, -0.05) is 48.7 Å². The summed E-state index contributed by atoms with van der Waals surface area (Å²) in [4.78, 5) is 25.0. The van der Waals surface area contributed by atoms with Crippen LogP contribution in [0.25, 0.3) is 0 Å². The summed E-state index contributed by atoms with van der Waals surface area (Å²) >= 11 is 12.5. The number of hydrogen-bond acceptors (Lipinski definition) is 5. The molecule has 0 aromatic heterocycles. The van der Waals surface area contributed by atoms with E-state index in [1.54, 1.807) is 36.4 Å². The van der Waals surface area contributed by atoms with E-state index in [9.17, 15) is 9.59 Å². The molecule has 1 aliphatic rings. The fourth-order valence-electron chi connectivity index (χ4n) is 3.57. The molecular formula is C24H26Cl2N2O5. The zero-order valence-corrected chi connectivity index (χ0v) is 20.2. The van der Waals surface area contributed by atoms with Crippen LogP contribution in [-0.2, 0) is 16.1 Å². The second kappa shape index (κ2) is 11.3. The lowest BCUT2D eigenvalue weighted by molar-refractivity contribution is -0.136. The van der Waals surface area contributed by atoms with E-state index in [4.69, 9.17) is 37.4 Å². The summed E-state index contributed by atoms with van der Waals surface area (Å²) in [7, 11) is 2.83. The van der Waals surface area contributed by atoms with Gasteiger partial charge >= 0.3 is 12.0 Å². The zero-order valence-electron chi connectivity index (χ0n) is 18.7. The Hall–Kier alpha value is -2.90. The molecule has 0 radical (unpaired) electrons.